The molecule has 2 N–H and O–H groups in total. The summed E-state index contributed by atoms with van der Waals surface area (Å²) in [6.45, 7) is 4.29. The van der Waals surface area contributed by atoms with E-state index in [0.29, 0.717) is 51.0 Å². The number of amides is 3. The van der Waals surface area contributed by atoms with Gasteiger partial charge in [0.1, 0.15) is 18.3 Å². The number of carbonyl (C=O) groups excluding carboxylic acids is 3. The van der Waals surface area contributed by atoms with Crippen LogP contribution in [0.5, 0.6) is 5.88 Å². The fourth-order valence-corrected chi connectivity index (χ4v) is 4.69. The summed E-state index contributed by atoms with van der Waals surface area (Å²) in [5.41, 5.74) is 0.436. The van der Waals surface area contributed by atoms with Gasteiger partial charge in [0.15, 0.2) is 0 Å². The van der Waals surface area contributed by atoms with Crippen LogP contribution in [0.4, 0.5) is 0 Å². The molecule has 2 aliphatic rings. The lowest BCUT2D eigenvalue weighted by Gasteiger charge is -2.39. The van der Waals surface area contributed by atoms with Crippen LogP contribution in [0, 0.1) is 5.92 Å². The Morgan fingerprint density at radius 2 is 1.74 bits per heavy atom. The summed E-state index contributed by atoms with van der Waals surface area (Å²) in [7, 11) is 5.03. The monoisotopic (exact) mass is 492 g/mol. The van der Waals surface area contributed by atoms with Crippen molar-refractivity contribution in [2.75, 3.05) is 53.6 Å². The molecule has 2 heterocycles. The molecule has 1 saturated heterocycles. The predicted octanol–water partition coefficient (Wildman–Crippen LogP) is 0.403. The summed E-state index contributed by atoms with van der Waals surface area (Å²) in [6.07, 6.45) is 5.22. The Labute approximate surface area is 207 Å². The second-order valence-corrected chi connectivity index (χ2v) is 9.34. The van der Waals surface area contributed by atoms with E-state index in [4.69, 9.17) is 9.47 Å². The van der Waals surface area contributed by atoms with E-state index in [1.165, 1.54) is 11.1 Å². The molecule has 35 heavy (non-hydrogen) atoms. The van der Waals surface area contributed by atoms with Crippen LogP contribution < -0.4 is 15.4 Å². The molecule has 0 bridgehead atoms. The smallest absolute Gasteiger partial charge is 0.272 e. The highest BCUT2D eigenvalue weighted by molar-refractivity contribution is 5.93. The highest BCUT2D eigenvalue weighted by Gasteiger charge is 2.36. The summed E-state index contributed by atoms with van der Waals surface area (Å²) in [4.78, 5) is 42.7. The second kappa shape index (κ2) is 12.9. The van der Waals surface area contributed by atoms with Gasteiger partial charge in [0.05, 0.1) is 12.6 Å². The molecule has 0 radical (unpaired) electrons. The van der Waals surface area contributed by atoms with Crippen molar-refractivity contribution in [2.45, 2.75) is 51.1 Å². The van der Waals surface area contributed by atoms with Gasteiger partial charge < -0.3 is 29.9 Å². The molecular formula is C24H40N6O5. The first-order valence-electron chi connectivity index (χ1n) is 12.6. The van der Waals surface area contributed by atoms with E-state index < -0.39 is 6.04 Å². The topological polar surface area (TPSA) is 118 Å². The summed E-state index contributed by atoms with van der Waals surface area (Å²) in [5.74, 6) is 0.173. The Hall–Kier alpha value is -2.66. The number of aryl methyl sites for hydroxylation is 1. The molecule has 0 spiro atoms. The van der Waals surface area contributed by atoms with Crippen LogP contribution in [-0.4, -0.2) is 103 Å². The molecule has 1 aromatic heterocycles. The number of hydrogen-bond acceptors (Lipinski definition) is 7. The molecule has 1 aromatic rings. The minimum absolute atomic E-state index is 0.0463. The van der Waals surface area contributed by atoms with E-state index in [0.717, 1.165) is 25.7 Å². The molecule has 11 heteroatoms. The molecule has 3 rings (SSSR count). The highest BCUT2D eigenvalue weighted by atomic mass is 16.5. The average molecular weight is 493 g/mol. The Kier molecular flexibility index (Phi) is 9.91. The molecule has 11 nitrogen and oxygen atoms in total. The first-order valence-corrected chi connectivity index (χ1v) is 12.6. The van der Waals surface area contributed by atoms with Gasteiger partial charge >= 0.3 is 0 Å². The van der Waals surface area contributed by atoms with Crippen molar-refractivity contribution in [1.29, 1.82) is 0 Å². The molecular weight excluding hydrogens is 452 g/mol. The van der Waals surface area contributed by atoms with Crippen LogP contribution in [0.15, 0.2) is 6.07 Å². The molecule has 1 aliphatic carbocycles. The van der Waals surface area contributed by atoms with Gasteiger partial charge in [-0.2, -0.15) is 0 Å². The number of hydrogen-bond donors (Lipinski definition) is 2. The van der Waals surface area contributed by atoms with Crippen LogP contribution in [0.3, 0.4) is 0 Å². The van der Waals surface area contributed by atoms with E-state index in [1.807, 2.05) is 0 Å². The van der Waals surface area contributed by atoms with E-state index in [1.54, 1.807) is 44.0 Å². The largest absolute Gasteiger partial charge is 0.474 e. The van der Waals surface area contributed by atoms with Gasteiger partial charge in [0.25, 0.3) is 5.91 Å². The van der Waals surface area contributed by atoms with E-state index in [2.05, 4.69) is 15.7 Å². The SMILES string of the molecule is CN[C@@H](C)C(=O)NC(C(=O)N1CCN(C(=O)c2cc(OCCOC)nn2C)CC1)C1CCCCC1. The van der Waals surface area contributed by atoms with Crippen molar-refractivity contribution in [2.24, 2.45) is 13.0 Å². The fraction of sp³-hybridized carbons (Fsp3) is 0.750. The normalized spacial score (nSPS) is 18.7. The third-order valence-electron chi connectivity index (χ3n) is 7.00. The van der Waals surface area contributed by atoms with Crippen molar-refractivity contribution in [3.63, 3.8) is 0 Å². The van der Waals surface area contributed by atoms with Gasteiger partial charge in [-0.3, -0.25) is 19.1 Å². The van der Waals surface area contributed by atoms with E-state index in [-0.39, 0.29) is 29.7 Å². The highest BCUT2D eigenvalue weighted by Crippen LogP contribution is 2.28. The Balaban J connectivity index is 1.61. The number of carbonyl (C=O) groups is 3. The zero-order valence-electron chi connectivity index (χ0n) is 21.4. The van der Waals surface area contributed by atoms with Gasteiger partial charge in [0, 0.05) is 46.4 Å². The quantitative estimate of drug-likeness (QED) is 0.454. The molecule has 2 atom stereocenters. The van der Waals surface area contributed by atoms with Gasteiger partial charge in [-0.1, -0.05) is 19.3 Å². The van der Waals surface area contributed by atoms with Crippen molar-refractivity contribution in [3.8, 4) is 5.88 Å². The number of aromatic nitrogens is 2. The van der Waals surface area contributed by atoms with Gasteiger partial charge in [-0.25, -0.2) is 0 Å². The average Bonchev–Trinajstić information content (AvgIpc) is 3.26. The number of methoxy groups -OCH3 is 1. The molecule has 2 fully saturated rings. The number of likely N-dealkylation sites (N-methyl/N-ethyl adjacent to an activating group) is 1. The summed E-state index contributed by atoms with van der Waals surface area (Å²) >= 11 is 0. The van der Waals surface area contributed by atoms with Crippen molar-refractivity contribution >= 4 is 17.7 Å². The number of ether oxygens (including phenoxy) is 2. The third-order valence-corrected chi connectivity index (χ3v) is 7.00. The molecule has 196 valence electrons. The number of rotatable bonds is 10. The van der Waals surface area contributed by atoms with E-state index >= 15 is 0 Å². The lowest BCUT2D eigenvalue weighted by atomic mass is 9.83. The summed E-state index contributed by atoms with van der Waals surface area (Å²) in [5, 5.41) is 10.2. The van der Waals surface area contributed by atoms with Crippen LogP contribution in [0.2, 0.25) is 0 Å². The minimum atomic E-state index is -0.523. The molecule has 1 unspecified atom stereocenters. The summed E-state index contributed by atoms with van der Waals surface area (Å²) in [6, 6.07) is 0.739. The Morgan fingerprint density at radius 3 is 2.37 bits per heavy atom. The first kappa shape index (κ1) is 26.9. The second-order valence-electron chi connectivity index (χ2n) is 9.34. The van der Waals surface area contributed by atoms with Crippen molar-refractivity contribution in [3.05, 3.63) is 11.8 Å². The summed E-state index contributed by atoms with van der Waals surface area (Å²) < 4.78 is 12.0. The maximum atomic E-state index is 13.5. The lowest BCUT2D eigenvalue weighted by Crippen LogP contribution is -2.59. The van der Waals surface area contributed by atoms with Crippen molar-refractivity contribution < 1.29 is 23.9 Å². The van der Waals surface area contributed by atoms with Crippen LogP contribution in [0.1, 0.15) is 49.5 Å². The lowest BCUT2D eigenvalue weighted by molar-refractivity contribution is -0.140. The van der Waals surface area contributed by atoms with E-state index in [9.17, 15) is 14.4 Å². The van der Waals surface area contributed by atoms with Crippen LogP contribution >= 0.6 is 0 Å². The zero-order chi connectivity index (χ0) is 25.4. The molecule has 1 aliphatic heterocycles. The van der Waals surface area contributed by atoms with Crippen LogP contribution in [-0.2, 0) is 21.4 Å². The maximum Gasteiger partial charge on any atom is 0.272 e. The number of nitrogens with one attached hydrogen (secondary N) is 2. The zero-order valence-corrected chi connectivity index (χ0v) is 21.4. The molecule has 1 saturated carbocycles. The predicted molar refractivity (Wildman–Crippen MR) is 130 cm³/mol. The van der Waals surface area contributed by atoms with Gasteiger partial charge in [-0.05, 0) is 32.7 Å². The standard InChI is InChI=1S/C24H40N6O5/c1-17(25-2)22(31)26-21(18-8-6-5-7-9-18)24(33)30-12-10-29(11-13-30)23(32)19-16-20(27-28(19)3)35-15-14-34-4/h16-18,21,25H,5-15H2,1-4H3,(H,26,31)/t17-,21?/m0/s1. The Morgan fingerprint density at radius 1 is 1.09 bits per heavy atom. The number of nitrogens with zero attached hydrogens (tertiary/aromatic N) is 4. The first-order chi connectivity index (χ1) is 16.8. The maximum absolute atomic E-state index is 13.5. The molecule has 0 aromatic carbocycles. The fourth-order valence-electron chi connectivity index (χ4n) is 4.69. The van der Waals surface area contributed by atoms with Crippen LogP contribution in [0.25, 0.3) is 0 Å². The number of piperazine rings is 1. The van der Waals surface area contributed by atoms with Gasteiger partial charge in [-0.15, -0.1) is 5.10 Å². The minimum Gasteiger partial charge on any atom is -0.474 e. The van der Waals surface area contributed by atoms with Gasteiger partial charge in [0.2, 0.25) is 17.7 Å². The third kappa shape index (κ3) is 6.94. The molecule has 3 amide bonds. The van der Waals surface area contributed by atoms with Crippen molar-refractivity contribution in [1.82, 2.24) is 30.2 Å². The Bertz CT molecular complexity index is 861.